The molecule has 2 N–H and O–H groups in total. The van der Waals surface area contributed by atoms with Crippen LogP contribution in [0.25, 0.3) is 16.7 Å². The molecule has 0 spiro atoms. The number of aromatic nitrogens is 3. The van der Waals surface area contributed by atoms with Crippen LogP contribution in [-0.2, 0) is 6.18 Å². The van der Waals surface area contributed by atoms with Gasteiger partial charge in [-0.05, 0) is 68.3 Å². The highest BCUT2D eigenvalue weighted by Gasteiger charge is 2.31. The Kier molecular flexibility index (Phi) is 7.24. The van der Waals surface area contributed by atoms with Crippen molar-refractivity contribution in [3.63, 3.8) is 0 Å². The lowest BCUT2D eigenvalue weighted by Gasteiger charge is -2.35. The quantitative estimate of drug-likeness (QED) is 0.357. The molecule has 1 saturated carbocycles. The number of nitrogens with zero attached hydrogens (tertiary/aromatic N) is 5. The van der Waals surface area contributed by atoms with Gasteiger partial charge in [-0.15, -0.1) is 0 Å². The second-order valence-electron chi connectivity index (χ2n) is 10.6. The maximum absolute atomic E-state index is 13.0. The van der Waals surface area contributed by atoms with Gasteiger partial charge in [-0.25, -0.2) is 9.78 Å². The number of pyridine rings is 1. The van der Waals surface area contributed by atoms with E-state index in [2.05, 4.69) is 15.6 Å². The van der Waals surface area contributed by atoms with Crippen LogP contribution in [0.5, 0.6) is 0 Å². The number of rotatable bonds is 5. The van der Waals surface area contributed by atoms with E-state index >= 15 is 0 Å². The number of piperazine rings is 1. The van der Waals surface area contributed by atoms with Crippen molar-refractivity contribution in [3.05, 3.63) is 87.8 Å². The molecular formula is C30H28F3N7O3. The standard InChI is InChI=1S/C30H28F3N7O3/c1-18-24-11-12-25(41)40(23-9-5-19(6-10-23)27(42)35-21-7-8-21)26(24)37-28(34-18)38-13-15-39(16-14-38)29(43)36-22-4-2-3-20(17-22)30(31,32)33/h2-6,9-12,17,21H,7-8,13-16H2,1H3,(H,35,42)(H,36,43). The SMILES string of the molecule is Cc1nc(N2CCN(C(=O)Nc3cccc(C(F)(F)F)c3)CC2)nc2c1ccc(=O)n2-c1ccc(C(=O)NC2CC2)cc1. The first-order chi connectivity index (χ1) is 20.6. The van der Waals surface area contributed by atoms with Gasteiger partial charge < -0.3 is 20.4 Å². The Labute approximate surface area is 244 Å². The fourth-order valence-corrected chi connectivity index (χ4v) is 4.99. The zero-order chi connectivity index (χ0) is 30.3. The fourth-order valence-electron chi connectivity index (χ4n) is 4.99. The molecule has 0 unspecified atom stereocenters. The van der Waals surface area contributed by atoms with Gasteiger partial charge in [-0.3, -0.25) is 14.2 Å². The van der Waals surface area contributed by atoms with Crippen molar-refractivity contribution in [3.8, 4) is 5.69 Å². The van der Waals surface area contributed by atoms with Gasteiger partial charge in [0.2, 0.25) is 5.95 Å². The van der Waals surface area contributed by atoms with Crippen LogP contribution in [0.2, 0.25) is 0 Å². The second-order valence-corrected chi connectivity index (χ2v) is 10.6. The smallest absolute Gasteiger partial charge is 0.349 e. The van der Waals surface area contributed by atoms with Gasteiger partial charge in [-0.2, -0.15) is 18.2 Å². The van der Waals surface area contributed by atoms with Crippen molar-refractivity contribution in [1.82, 2.24) is 24.8 Å². The third-order valence-electron chi connectivity index (χ3n) is 7.52. The maximum Gasteiger partial charge on any atom is 0.416 e. The van der Waals surface area contributed by atoms with Gasteiger partial charge in [0.15, 0.2) is 5.65 Å². The Morgan fingerprint density at radius 2 is 1.65 bits per heavy atom. The molecule has 1 saturated heterocycles. The molecule has 2 aliphatic rings. The van der Waals surface area contributed by atoms with Gasteiger partial charge in [0, 0.05) is 54.9 Å². The summed E-state index contributed by atoms with van der Waals surface area (Å²) >= 11 is 0. The Bertz CT molecular complexity index is 1760. The summed E-state index contributed by atoms with van der Waals surface area (Å²) in [6, 6.07) is 14.1. The number of nitrogens with one attached hydrogen (secondary N) is 2. The van der Waals surface area contributed by atoms with Crippen molar-refractivity contribution in [2.45, 2.75) is 32.0 Å². The summed E-state index contributed by atoms with van der Waals surface area (Å²) in [6.45, 7) is 3.16. The minimum Gasteiger partial charge on any atom is -0.349 e. The van der Waals surface area contributed by atoms with Crippen molar-refractivity contribution in [1.29, 1.82) is 0 Å². The highest BCUT2D eigenvalue weighted by atomic mass is 19.4. The molecule has 2 aromatic heterocycles. The minimum atomic E-state index is -4.51. The van der Waals surface area contributed by atoms with Gasteiger partial charge in [0.25, 0.3) is 11.5 Å². The third kappa shape index (κ3) is 6.01. The monoisotopic (exact) mass is 591 g/mol. The minimum absolute atomic E-state index is 0.0605. The number of urea groups is 1. The molecule has 3 heterocycles. The Hall–Kier alpha value is -4.94. The fraction of sp³-hybridized carbons (Fsp3) is 0.300. The van der Waals surface area contributed by atoms with Crippen LogP contribution < -0.4 is 21.1 Å². The Morgan fingerprint density at radius 1 is 0.930 bits per heavy atom. The van der Waals surface area contributed by atoms with Crippen molar-refractivity contribution in [2.24, 2.45) is 0 Å². The maximum atomic E-state index is 13.0. The summed E-state index contributed by atoms with van der Waals surface area (Å²) < 4.78 is 40.6. The van der Waals surface area contributed by atoms with E-state index in [0.717, 1.165) is 25.0 Å². The van der Waals surface area contributed by atoms with Gasteiger partial charge in [-0.1, -0.05) is 6.07 Å². The number of halogens is 3. The van der Waals surface area contributed by atoms with Gasteiger partial charge >= 0.3 is 12.2 Å². The highest BCUT2D eigenvalue weighted by molar-refractivity contribution is 5.95. The molecular weight excluding hydrogens is 563 g/mol. The van der Waals surface area contributed by atoms with E-state index in [1.807, 2.05) is 11.8 Å². The Balaban J connectivity index is 1.19. The number of hydrogen-bond acceptors (Lipinski definition) is 6. The van der Waals surface area contributed by atoms with E-state index in [4.69, 9.17) is 4.98 Å². The number of amides is 3. The molecule has 3 amide bonds. The molecule has 0 atom stereocenters. The predicted molar refractivity (Wildman–Crippen MR) is 155 cm³/mol. The first-order valence-corrected chi connectivity index (χ1v) is 13.9. The molecule has 1 aliphatic carbocycles. The van der Waals surface area contributed by atoms with E-state index < -0.39 is 17.8 Å². The first-order valence-electron chi connectivity index (χ1n) is 13.9. The largest absolute Gasteiger partial charge is 0.416 e. The summed E-state index contributed by atoms with van der Waals surface area (Å²) in [5, 5.41) is 6.18. The molecule has 43 heavy (non-hydrogen) atoms. The zero-order valence-corrected chi connectivity index (χ0v) is 23.2. The zero-order valence-electron chi connectivity index (χ0n) is 23.2. The summed E-state index contributed by atoms with van der Waals surface area (Å²) in [4.78, 5) is 51.1. The molecule has 13 heteroatoms. The van der Waals surface area contributed by atoms with E-state index in [9.17, 15) is 27.6 Å². The van der Waals surface area contributed by atoms with Crippen LogP contribution in [0.15, 0.2) is 65.5 Å². The number of anilines is 2. The number of fused-ring (bicyclic) bond motifs is 1. The van der Waals surface area contributed by atoms with E-state index in [0.29, 0.717) is 47.0 Å². The third-order valence-corrected chi connectivity index (χ3v) is 7.52. The number of carbonyl (C=O) groups is 2. The molecule has 0 radical (unpaired) electrons. The van der Waals surface area contributed by atoms with Crippen molar-refractivity contribution >= 4 is 34.6 Å². The lowest BCUT2D eigenvalue weighted by molar-refractivity contribution is -0.137. The van der Waals surface area contributed by atoms with Crippen molar-refractivity contribution < 1.29 is 22.8 Å². The van der Waals surface area contributed by atoms with E-state index in [-0.39, 0.29) is 36.3 Å². The van der Waals surface area contributed by atoms with Crippen LogP contribution >= 0.6 is 0 Å². The average Bonchev–Trinajstić information content (AvgIpc) is 3.81. The number of hydrogen-bond donors (Lipinski definition) is 2. The van der Waals surface area contributed by atoms with E-state index in [1.54, 1.807) is 30.3 Å². The predicted octanol–water partition coefficient (Wildman–Crippen LogP) is 4.35. The van der Waals surface area contributed by atoms with Gasteiger partial charge in [0.05, 0.1) is 16.9 Å². The summed E-state index contributed by atoms with van der Waals surface area (Å²) in [5.41, 5.74) is 1.07. The highest BCUT2D eigenvalue weighted by Crippen LogP contribution is 2.31. The normalized spacial score (nSPS) is 15.4. The molecule has 222 valence electrons. The summed E-state index contributed by atoms with van der Waals surface area (Å²) in [7, 11) is 0. The first kappa shape index (κ1) is 28.2. The number of aryl methyl sites for hydroxylation is 1. The number of carbonyl (C=O) groups excluding carboxylic acids is 2. The van der Waals surface area contributed by atoms with E-state index in [1.165, 1.54) is 27.7 Å². The van der Waals surface area contributed by atoms with Crippen LogP contribution in [-0.4, -0.2) is 63.6 Å². The summed E-state index contributed by atoms with van der Waals surface area (Å²) in [5.74, 6) is 0.241. The molecule has 2 aromatic carbocycles. The molecule has 2 fully saturated rings. The lowest BCUT2D eigenvalue weighted by Crippen LogP contribution is -2.50. The van der Waals surface area contributed by atoms with Gasteiger partial charge in [0.1, 0.15) is 0 Å². The van der Waals surface area contributed by atoms with Crippen LogP contribution in [0.3, 0.4) is 0 Å². The molecule has 4 aromatic rings. The number of alkyl halides is 3. The molecule has 10 nitrogen and oxygen atoms in total. The Morgan fingerprint density at radius 3 is 2.33 bits per heavy atom. The van der Waals surface area contributed by atoms with Crippen LogP contribution in [0.1, 0.15) is 34.5 Å². The molecule has 6 rings (SSSR count). The second kappa shape index (κ2) is 11.0. The average molecular weight is 592 g/mol. The lowest BCUT2D eigenvalue weighted by atomic mass is 10.1. The topological polar surface area (TPSA) is 112 Å². The van der Waals surface area contributed by atoms with Crippen molar-refractivity contribution in [2.75, 3.05) is 36.4 Å². The number of benzene rings is 2. The molecule has 1 aliphatic heterocycles. The summed E-state index contributed by atoms with van der Waals surface area (Å²) in [6.07, 6.45) is -2.54. The van der Waals surface area contributed by atoms with Crippen LogP contribution in [0.4, 0.5) is 29.6 Å². The van der Waals surface area contributed by atoms with Crippen LogP contribution in [0, 0.1) is 6.92 Å². The molecule has 0 bridgehead atoms.